The lowest BCUT2D eigenvalue weighted by Gasteiger charge is -2.26. The minimum absolute atomic E-state index is 0.214. The fourth-order valence-corrected chi connectivity index (χ4v) is 2.38. The summed E-state index contributed by atoms with van der Waals surface area (Å²) in [6.45, 7) is 2.14. The molecule has 1 aliphatic rings. The van der Waals surface area contributed by atoms with Crippen LogP contribution in [0.2, 0.25) is 5.02 Å². The standard InChI is InChI=1S/C13H15ClN2O3/c1-3-11-12(17)15-10-5-4-9(14)6-8(10)7-16(11)13(18)19-2/h4-6,11H,3,7H2,1-2H3,(H,15,17). The zero-order valence-corrected chi connectivity index (χ0v) is 11.5. The van der Waals surface area contributed by atoms with Crippen molar-refractivity contribution in [3.8, 4) is 0 Å². The Morgan fingerprint density at radius 3 is 2.95 bits per heavy atom. The van der Waals surface area contributed by atoms with Gasteiger partial charge in [-0.1, -0.05) is 18.5 Å². The number of benzene rings is 1. The summed E-state index contributed by atoms with van der Waals surface area (Å²) in [6, 6.07) is 4.64. The summed E-state index contributed by atoms with van der Waals surface area (Å²) < 4.78 is 4.74. The Hall–Kier alpha value is -1.75. The van der Waals surface area contributed by atoms with Crippen LogP contribution in [-0.4, -0.2) is 30.1 Å². The van der Waals surface area contributed by atoms with Crippen LogP contribution in [0.25, 0.3) is 0 Å². The third kappa shape index (κ3) is 2.66. The van der Waals surface area contributed by atoms with Crippen molar-refractivity contribution in [1.82, 2.24) is 4.90 Å². The molecular weight excluding hydrogens is 268 g/mol. The van der Waals surface area contributed by atoms with Gasteiger partial charge in [-0.05, 0) is 30.2 Å². The number of carbonyl (C=O) groups is 2. The van der Waals surface area contributed by atoms with Crippen LogP contribution >= 0.6 is 11.6 Å². The van der Waals surface area contributed by atoms with Gasteiger partial charge in [-0.3, -0.25) is 9.69 Å². The van der Waals surface area contributed by atoms with E-state index in [1.807, 2.05) is 6.92 Å². The molecule has 1 atom stereocenters. The first-order valence-electron chi connectivity index (χ1n) is 6.00. The van der Waals surface area contributed by atoms with Gasteiger partial charge in [0.1, 0.15) is 6.04 Å². The van der Waals surface area contributed by atoms with Gasteiger partial charge in [-0.2, -0.15) is 0 Å². The second-order valence-corrected chi connectivity index (χ2v) is 4.75. The van der Waals surface area contributed by atoms with E-state index >= 15 is 0 Å². The number of methoxy groups -OCH3 is 1. The number of nitrogens with one attached hydrogen (secondary N) is 1. The average Bonchev–Trinajstić information content (AvgIpc) is 2.53. The molecule has 0 fully saturated rings. The summed E-state index contributed by atoms with van der Waals surface area (Å²) in [6.07, 6.45) is -0.00216. The molecule has 1 aromatic carbocycles. The molecule has 1 unspecified atom stereocenters. The quantitative estimate of drug-likeness (QED) is 0.861. The fraction of sp³-hybridized carbons (Fsp3) is 0.385. The van der Waals surface area contributed by atoms with E-state index in [1.165, 1.54) is 12.0 Å². The van der Waals surface area contributed by atoms with Gasteiger partial charge in [0.05, 0.1) is 13.7 Å². The zero-order valence-electron chi connectivity index (χ0n) is 10.8. The van der Waals surface area contributed by atoms with Gasteiger partial charge in [0.25, 0.3) is 0 Å². The van der Waals surface area contributed by atoms with Gasteiger partial charge < -0.3 is 10.1 Å². The highest BCUT2D eigenvalue weighted by molar-refractivity contribution is 6.30. The number of rotatable bonds is 1. The number of carbonyl (C=O) groups excluding carboxylic acids is 2. The smallest absolute Gasteiger partial charge is 0.410 e. The molecule has 102 valence electrons. The first-order valence-corrected chi connectivity index (χ1v) is 6.38. The number of fused-ring (bicyclic) bond motifs is 1. The summed E-state index contributed by atoms with van der Waals surface area (Å²) in [5.74, 6) is -0.214. The van der Waals surface area contributed by atoms with E-state index in [1.54, 1.807) is 18.2 Å². The maximum atomic E-state index is 12.1. The van der Waals surface area contributed by atoms with Crippen LogP contribution in [0.4, 0.5) is 10.5 Å². The Morgan fingerprint density at radius 2 is 2.32 bits per heavy atom. The second-order valence-electron chi connectivity index (χ2n) is 4.31. The van der Waals surface area contributed by atoms with Crippen molar-refractivity contribution in [3.05, 3.63) is 28.8 Å². The maximum Gasteiger partial charge on any atom is 0.410 e. The van der Waals surface area contributed by atoms with E-state index in [0.29, 0.717) is 23.7 Å². The summed E-state index contributed by atoms with van der Waals surface area (Å²) in [7, 11) is 1.30. The average molecular weight is 283 g/mol. The maximum absolute atomic E-state index is 12.1. The van der Waals surface area contributed by atoms with Crippen molar-refractivity contribution in [1.29, 1.82) is 0 Å². The number of anilines is 1. The number of amides is 2. The molecule has 5 nitrogen and oxygen atoms in total. The van der Waals surface area contributed by atoms with Crippen molar-refractivity contribution < 1.29 is 14.3 Å². The Kier molecular flexibility index (Phi) is 3.95. The number of halogens is 1. The van der Waals surface area contributed by atoms with E-state index in [-0.39, 0.29) is 5.91 Å². The molecule has 0 bridgehead atoms. The molecule has 6 heteroatoms. The van der Waals surface area contributed by atoms with Crippen molar-refractivity contribution in [3.63, 3.8) is 0 Å². The molecule has 1 heterocycles. The Balaban J connectivity index is 2.43. The Labute approximate surface area is 116 Å². The van der Waals surface area contributed by atoms with Crippen LogP contribution in [0.5, 0.6) is 0 Å². The molecule has 19 heavy (non-hydrogen) atoms. The molecule has 1 aromatic rings. The molecule has 1 aliphatic heterocycles. The lowest BCUT2D eigenvalue weighted by atomic mass is 10.1. The van der Waals surface area contributed by atoms with E-state index < -0.39 is 12.1 Å². The number of hydrogen-bond donors (Lipinski definition) is 1. The molecule has 1 N–H and O–H groups in total. The molecule has 2 amide bonds. The van der Waals surface area contributed by atoms with E-state index in [2.05, 4.69) is 5.32 Å². The minimum Gasteiger partial charge on any atom is -0.453 e. The summed E-state index contributed by atoms with van der Waals surface area (Å²) in [4.78, 5) is 25.4. The van der Waals surface area contributed by atoms with Crippen molar-refractivity contribution in [2.45, 2.75) is 25.9 Å². The third-order valence-electron chi connectivity index (χ3n) is 3.14. The predicted octanol–water partition coefficient (Wildman–Crippen LogP) is 2.64. The van der Waals surface area contributed by atoms with Crippen LogP contribution in [-0.2, 0) is 16.1 Å². The molecule has 0 radical (unpaired) electrons. The zero-order chi connectivity index (χ0) is 14.0. The van der Waals surface area contributed by atoms with Gasteiger partial charge in [0, 0.05) is 10.7 Å². The summed E-state index contributed by atoms with van der Waals surface area (Å²) >= 11 is 5.95. The van der Waals surface area contributed by atoms with Crippen molar-refractivity contribution >= 4 is 29.3 Å². The lowest BCUT2D eigenvalue weighted by Crippen LogP contribution is -2.44. The molecule has 0 aliphatic carbocycles. The molecular formula is C13H15ClN2O3. The van der Waals surface area contributed by atoms with E-state index in [9.17, 15) is 9.59 Å². The number of nitrogens with zero attached hydrogens (tertiary/aromatic N) is 1. The molecule has 2 rings (SSSR count). The van der Waals surface area contributed by atoms with E-state index in [0.717, 1.165) is 5.56 Å². The Morgan fingerprint density at radius 1 is 1.58 bits per heavy atom. The predicted molar refractivity (Wildman–Crippen MR) is 72.1 cm³/mol. The topological polar surface area (TPSA) is 58.6 Å². The highest BCUT2D eigenvalue weighted by Crippen LogP contribution is 2.27. The first-order chi connectivity index (χ1) is 9.06. The number of ether oxygens (including phenoxy) is 1. The lowest BCUT2D eigenvalue weighted by molar-refractivity contribution is -0.120. The minimum atomic E-state index is -0.543. The van der Waals surface area contributed by atoms with Crippen molar-refractivity contribution in [2.75, 3.05) is 12.4 Å². The second kappa shape index (κ2) is 5.48. The molecule has 0 saturated carbocycles. The molecule has 0 spiro atoms. The van der Waals surface area contributed by atoms with Gasteiger partial charge in [-0.25, -0.2) is 4.79 Å². The van der Waals surface area contributed by atoms with Crippen LogP contribution in [0.15, 0.2) is 18.2 Å². The SMILES string of the molecule is CCC1C(=O)Nc2ccc(Cl)cc2CN1C(=O)OC. The monoisotopic (exact) mass is 282 g/mol. The summed E-state index contributed by atoms with van der Waals surface area (Å²) in [5, 5.41) is 3.38. The first kappa shape index (κ1) is 13.7. The van der Waals surface area contributed by atoms with Gasteiger partial charge in [0.15, 0.2) is 0 Å². The van der Waals surface area contributed by atoms with Crippen LogP contribution in [0.3, 0.4) is 0 Å². The van der Waals surface area contributed by atoms with E-state index in [4.69, 9.17) is 16.3 Å². The fourth-order valence-electron chi connectivity index (χ4n) is 2.18. The molecule has 0 saturated heterocycles. The van der Waals surface area contributed by atoms with Gasteiger partial charge in [0.2, 0.25) is 5.91 Å². The molecule has 0 aromatic heterocycles. The number of hydrogen-bond acceptors (Lipinski definition) is 3. The largest absolute Gasteiger partial charge is 0.453 e. The van der Waals surface area contributed by atoms with Crippen LogP contribution in [0, 0.1) is 0 Å². The van der Waals surface area contributed by atoms with Gasteiger partial charge >= 0.3 is 6.09 Å². The normalized spacial score (nSPS) is 18.4. The summed E-state index contributed by atoms with van der Waals surface area (Å²) in [5.41, 5.74) is 1.47. The van der Waals surface area contributed by atoms with Crippen LogP contribution < -0.4 is 5.32 Å². The Bertz CT molecular complexity index is 519. The van der Waals surface area contributed by atoms with Crippen molar-refractivity contribution in [2.24, 2.45) is 0 Å². The third-order valence-corrected chi connectivity index (χ3v) is 3.38. The highest BCUT2D eigenvalue weighted by Gasteiger charge is 2.32. The van der Waals surface area contributed by atoms with Crippen LogP contribution in [0.1, 0.15) is 18.9 Å². The van der Waals surface area contributed by atoms with Gasteiger partial charge in [-0.15, -0.1) is 0 Å². The highest BCUT2D eigenvalue weighted by atomic mass is 35.5.